The van der Waals surface area contributed by atoms with Crippen LogP contribution in [0.4, 0.5) is 4.39 Å². The first kappa shape index (κ1) is 13.1. The number of furan rings is 1. The fourth-order valence-corrected chi connectivity index (χ4v) is 1.77. The fourth-order valence-electron chi connectivity index (χ4n) is 1.77. The van der Waals surface area contributed by atoms with Gasteiger partial charge >= 0.3 is 0 Å². The third-order valence-electron chi connectivity index (χ3n) is 2.93. The Hall–Kier alpha value is -1.32. The standard InChI is InChI=1S/C14H14FNO.ClH/c15-11-3-1-10(2-4-11)14-8-7-13(17-14)9-16-12-5-6-12;/h1-4,7-8,12,16H,5-6,9H2;1H. The Morgan fingerprint density at radius 2 is 1.83 bits per heavy atom. The maximum absolute atomic E-state index is 12.8. The molecule has 3 rings (SSSR count). The van der Waals surface area contributed by atoms with Crippen molar-refractivity contribution < 1.29 is 8.81 Å². The quantitative estimate of drug-likeness (QED) is 0.912. The molecule has 1 aromatic carbocycles. The highest BCUT2D eigenvalue weighted by atomic mass is 35.5. The van der Waals surface area contributed by atoms with Crippen LogP contribution in [0, 0.1) is 5.82 Å². The molecule has 2 aromatic rings. The van der Waals surface area contributed by atoms with Crippen molar-refractivity contribution in [1.82, 2.24) is 5.32 Å². The Morgan fingerprint density at radius 3 is 2.50 bits per heavy atom. The maximum atomic E-state index is 12.8. The molecule has 2 nitrogen and oxygen atoms in total. The molecule has 0 aliphatic heterocycles. The summed E-state index contributed by atoms with van der Waals surface area (Å²) in [6.07, 6.45) is 2.54. The van der Waals surface area contributed by atoms with Gasteiger partial charge in [-0.2, -0.15) is 0 Å². The van der Waals surface area contributed by atoms with Gasteiger partial charge in [-0.15, -0.1) is 12.4 Å². The molecule has 1 heterocycles. The van der Waals surface area contributed by atoms with E-state index in [1.54, 1.807) is 12.1 Å². The van der Waals surface area contributed by atoms with Crippen molar-refractivity contribution in [2.75, 3.05) is 0 Å². The Kier molecular flexibility index (Phi) is 4.04. The molecule has 0 radical (unpaired) electrons. The Morgan fingerprint density at radius 1 is 1.11 bits per heavy atom. The summed E-state index contributed by atoms with van der Waals surface area (Å²) in [5.74, 6) is 1.49. The molecule has 0 spiro atoms. The predicted octanol–water partition coefficient (Wildman–Crippen LogP) is 3.76. The predicted molar refractivity (Wildman–Crippen MR) is 71.2 cm³/mol. The van der Waals surface area contributed by atoms with Crippen LogP contribution in [-0.4, -0.2) is 6.04 Å². The average molecular weight is 268 g/mol. The normalized spacial score (nSPS) is 14.3. The van der Waals surface area contributed by atoms with E-state index in [-0.39, 0.29) is 18.2 Å². The highest BCUT2D eigenvalue weighted by Crippen LogP contribution is 2.23. The zero-order valence-corrected chi connectivity index (χ0v) is 10.7. The van der Waals surface area contributed by atoms with Gasteiger partial charge in [-0.25, -0.2) is 4.39 Å². The maximum Gasteiger partial charge on any atom is 0.134 e. The highest BCUT2D eigenvalue weighted by Gasteiger charge is 2.20. The minimum atomic E-state index is -0.226. The van der Waals surface area contributed by atoms with Gasteiger partial charge in [0.25, 0.3) is 0 Å². The van der Waals surface area contributed by atoms with E-state index in [1.165, 1.54) is 25.0 Å². The van der Waals surface area contributed by atoms with Crippen molar-refractivity contribution in [2.24, 2.45) is 0 Å². The average Bonchev–Trinajstić information content (AvgIpc) is 3.06. The van der Waals surface area contributed by atoms with E-state index >= 15 is 0 Å². The monoisotopic (exact) mass is 267 g/mol. The van der Waals surface area contributed by atoms with Crippen LogP contribution in [0.25, 0.3) is 11.3 Å². The van der Waals surface area contributed by atoms with E-state index in [4.69, 9.17) is 4.42 Å². The third-order valence-corrected chi connectivity index (χ3v) is 2.93. The van der Waals surface area contributed by atoms with Gasteiger partial charge in [-0.05, 0) is 49.2 Å². The summed E-state index contributed by atoms with van der Waals surface area (Å²) in [6, 6.07) is 10.9. The van der Waals surface area contributed by atoms with Gasteiger partial charge in [0.15, 0.2) is 0 Å². The van der Waals surface area contributed by atoms with Crippen molar-refractivity contribution in [1.29, 1.82) is 0 Å². The van der Waals surface area contributed by atoms with Crippen molar-refractivity contribution in [3.05, 3.63) is 48.0 Å². The largest absolute Gasteiger partial charge is 0.460 e. The molecule has 1 aliphatic rings. The van der Waals surface area contributed by atoms with Crippen LogP contribution in [0.5, 0.6) is 0 Å². The number of hydrogen-bond acceptors (Lipinski definition) is 2. The van der Waals surface area contributed by atoms with Gasteiger partial charge in [0.05, 0.1) is 6.54 Å². The van der Waals surface area contributed by atoms with E-state index < -0.39 is 0 Å². The van der Waals surface area contributed by atoms with Crippen LogP contribution in [0.3, 0.4) is 0 Å². The first-order chi connectivity index (χ1) is 8.31. The van der Waals surface area contributed by atoms with Crippen LogP contribution in [0.1, 0.15) is 18.6 Å². The number of nitrogens with one attached hydrogen (secondary N) is 1. The van der Waals surface area contributed by atoms with Crippen LogP contribution in [0.2, 0.25) is 0 Å². The molecule has 0 unspecified atom stereocenters. The summed E-state index contributed by atoms with van der Waals surface area (Å²) < 4.78 is 18.5. The van der Waals surface area contributed by atoms with Crippen LogP contribution >= 0.6 is 12.4 Å². The molecular formula is C14H15ClFNO. The number of halogens is 2. The molecule has 1 saturated carbocycles. The lowest BCUT2D eigenvalue weighted by molar-refractivity contribution is 0.492. The first-order valence-corrected chi connectivity index (χ1v) is 5.89. The van der Waals surface area contributed by atoms with Crippen LogP contribution in [-0.2, 0) is 6.54 Å². The summed E-state index contributed by atoms with van der Waals surface area (Å²) in [7, 11) is 0. The van der Waals surface area contributed by atoms with Gasteiger partial charge in [-0.1, -0.05) is 0 Å². The lowest BCUT2D eigenvalue weighted by Gasteiger charge is -1.99. The third kappa shape index (κ3) is 3.12. The van der Waals surface area contributed by atoms with E-state index in [0.29, 0.717) is 6.04 Å². The smallest absolute Gasteiger partial charge is 0.134 e. The summed E-state index contributed by atoms with van der Waals surface area (Å²) >= 11 is 0. The number of hydrogen-bond donors (Lipinski definition) is 1. The van der Waals surface area contributed by atoms with Crippen molar-refractivity contribution in [3.63, 3.8) is 0 Å². The second kappa shape index (κ2) is 5.55. The second-order valence-corrected chi connectivity index (χ2v) is 4.43. The highest BCUT2D eigenvalue weighted by molar-refractivity contribution is 5.85. The summed E-state index contributed by atoms with van der Waals surface area (Å²) in [5.41, 5.74) is 0.907. The summed E-state index contributed by atoms with van der Waals surface area (Å²) in [6.45, 7) is 0.770. The molecule has 1 aliphatic carbocycles. The molecular weight excluding hydrogens is 253 g/mol. The van der Waals surface area contributed by atoms with E-state index in [9.17, 15) is 4.39 Å². The molecule has 1 aromatic heterocycles. The summed E-state index contributed by atoms with van der Waals surface area (Å²) in [4.78, 5) is 0. The minimum Gasteiger partial charge on any atom is -0.460 e. The first-order valence-electron chi connectivity index (χ1n) is 5.89. The zero-order valence-electron chi connectivity index (χ0n) is 9.86. The molecule has 1 fully saturated rings. The Bertz CT molecular complexity index is 505. The minimum absolute atomic E-state index is 0. The second-order valence-electron chi connectivity index (χ2n) is 4.43. The molecule has 0 saturated heterocycles. The molecule has 1 N–H and O–H groups in total. The molecule has 18 heavy (non-hydrogen) atoms. The van der Waals surface area contributed by atoms with Gasteiger partial charge in [0, 0.05) is 11.6 Å². The molecule has 0 bridgehead atoms. The number of rotatable bonds is 4. The van der Waals surface area contributed by atoms with Crippen molar-refractivity contribution in [3.8, 4) is 11.3 Å². The Balaban J connectivity index is 0.00000120. The van der Waals surface area contributed by atoms with Crippen molar-refractivity contribution >= 4 is 12.4 Å². The zero-order chi connectivity index (χ0) is 11.7. The lowest BCUT2D eigenvalue weighted by Crippen LogP contribution is -2.14. The molecule has 4 heteroatoms. The van der Waals surface area contributed by atoms with E-state index in [1.807, 2.05) is 12.1 Å². The van der Waals surface area contributed by atoms with E-state index in [2.05, 4.69) is 5.32 Å². The van der Waals surface area contributed by atoms with Gasteiger partial charge < -0.3 is 9.73 Å². The van der Waals surface area contributed by atoms with Crippen molar-refractivity contribution in [2.45, 2.75) is 25.4 Å². The van der Waals surface area contributed by atoms with Crippen LogP contribution < -0.4 is 5.32 Å². The van der Waals surface area contributed by atoms with Crippen LogP contribution in [0.15, 0.2) is 40.8 Å². The molecule has 0 amide bonds. The van der Waals surface area contributed by atoms with Gasteiger partial charge in [0.1, 0.15) is 17.3 Å². The van der Waals surface area contributed by atoms with E-state index in [0.717, 1.165) is 23.6 Å². The number of benzene rings is 1. The summed E-state index contributed by atoms with van der Waals surface area (Å²) in [5, 5.41) is 3.39. The SMILES string of the molecule is Cl.Fc1ccc(-c2ccc(CNC3CC3)o2)cc1. The Labute approximate surface area is 112 Å². The topological polar surface area (TPSA) is 25.2 Å². The lowest BCUT2D eigenvalue weighted by atomic mass is 10.2. The van der Waals surface area contributed by atoms with Gasteiger partial charge in [0.2, 0.25) is 0 Å². The molecule has 96 valence electrons. The van der Waals surface area contributed by atoms with Gasteiger partial charge in [-0.3, -0.25) is 0 Å². The molecule has 0 atom stereocenters. The fraction of sp³-hybridized carbons (Fsp3) is 0.286.